The SMILES string of the molecule is NCC1CN(CC2CCSC2)CCO1. The van der Waals surface area contributed by atoms with Gasteiger partial charge in [-0.15, -0.1) is 0 Å². The Hall–Kier alpha value is 0.230. The average molecular weight is 216 g/mol. The van der Waals surface area contributed by atoms with Crippen molar-refractivity contribution in [3.8, 4) is 0 Å². The molecule has 2 aliphatic heterocycles. The minimum atomic E-state index is 0.276. The van der Waals surface area contributed by atoms with Gasteiger partial charge >= 0.3 is 0 Å². The molecule has 0 aliphatic carbocycles. The zero-order chi connectivity index (χ0) is 9.80. The van der Waals surface area contributed by atoms with E-state index in [0.717, 1.165) is 25.6 Å². The molecule has 0 amide bonds. The summed E-state index contributed by atoms with van der Waals surface area (Å²) in [6.07, 6.45) is 1.67. The fraction of sp³-hybridized carbons (Fsp3) is 1.00. The van der Waals surface area contributed by atoms with Gasteiger partial charge in [0, 0.05) is 26.2 Å². The summed E-state index contributed by atoms with van der Waals surface area (Å²) in [6, 6.07) is 0. The number of rotatable bonds is 3. The number of morpholine rings is 1. The molecule has 4 heteroatoms. The van der Waals surface area contributed by atoms with Crippen LogP contribution in [-0.2, 0) is 4.74 Å². The number of nitrogens with two attached hydrogens (primary N) is 1. The minimum absolute atomic E-state index is 0.276. The second-order valence-corrected chi connectivity index (χ2v) is 5.37. The molecule has 2 unspecified atom stereocenters. The van der Waals surface area contributed by atoms with Crippen LogP contribution in [0.25, 0.3) is 0 Å². The topological polar surface area (TPSA) is 38.5 Å². The van der Waals surface area contributed by atoms with E-state index in [-0.39, 0.29) is 6.10 Å². The average Bonchev–Trinajstić information content (AvgIpc) is 2.71. The zero-order valence-electron chi connectivity index (χ0n) is 8.65. The molecule has 2 aliphatic rings. The zero-order valence-corrected chi connectivity index (χ0v) is 9.47. The summed E-state index contributed by atoms with van der Waals surface area (Å²) >= 11 is 2.09. The summed E-state index contributed by atoms with van der Waals surface area (Å²) < 4.78 is 5.55. The molecule has 0 aromatic heterocycles. The van der Waals surface area contributed by atoms with Gasteiger partial charge in [-0.25, -0.2) is 0 Å². The third-order valence-electron chi connectivity index (χ3n) is 3.03. The van der Waals surface area contributed by atoms with Gasteiger partial charge in [0.05, 0.1) is 12.7 Å². The lowest BCUT2D eigenvalue weighted by Crippen LogP contribution is -2.47. The Morgan fingerprint density at radius 2 is 2.43 bits per heavy atom. The first kappa shape index (κ1) is 10.7. The highest BCUT2D eigenvalue weighted by Crippen LogP contribution is 2.24. The second-order valence-electron chi connectivity index (χ2n) is 4.22. The highest BCUT2D eigenvalue weighted by molar-refractivity contribution is 7.99. The first-order valence-corrected chi connectivity index (χ1v) is 6.65. The fourth-order valence-electron chi connectivity index (χ4n) is 2.18. The number of thioether (sulfide) groups is 1. The lowest BCUT2D eigenvalue weighted by Gasteiger charge is -2.33. The van der Waals surface area contributed by atoms with Gasteiger partial charge in [-0.2, -0.15) is 11.8 Å². The van der Waals surface area contributed by atoms with Gasteiger partial charge in [-0.1, -0.05) is 0 Å². The highest BCUT2D eigenvalue weighted by atomic mass is 32.2. The van der Waals surface area contributed by atoms with Crippen molar-refractivity contribution >= 4 is 11.8 Å². The largest absolute Gasteiger partial charge is 0.374 e. The van der Waals surface area contributed by atoms with Crippen LogP contribution in [0.2, 0.25) is 0 Å². The van der Waals surface area contributed by atoms with E-state index in [9.17, 15) is 0 Å². The summed E-state index contributed by atoms with van der Waals surface area (Å²) in [5.74, 6) is 3.62. The summed E-state index contributed by atoms with van der Waals surface area (Å²) in [5, 5.41) is 0. The summed E-state index contributed by atoms with van der Waals surface area (Å²) in [6.45, 7) is 4.92. The van der Waals surface area contributed by atoms with E-state index in [1.165, 1.54) is 24.5 Å². The molecule has 0 saturated carbocycles. The Balaban J connectivity index is 1.73. The maximum absolute atomic E-state index is 5.62. The predicted octanol–water partition coefficient (Wildman–Crippen LogP) is 0.399. The van der Waals surface area contributed by atoms with Gasteiger partial charge in [0.2, 0.25) is 0 Å². The van der Waals surface area contributed by atoms with Gasteiger partial charge < -0.3 is 10.5 Å². The van der Waals surface area contributed by atoms with E-state index < -0.39 is 0 Å². The molecule has 14 heavy (non-hydrogen) atoms. The van der Waals surface area contributed by atoms with Gasteiger partial charge in [0.15, 0.2) is 0 Å². The Kier molecular flexibility index (Phi) is 4.10. The number of hydrogen-bond acceptors (Lipinski definition) is 4. The number of nitrogens with zero attached hydrogens (tertiary/aromatic N) is 1. The number of ether oxygens (including phenoxy) is 1. The van der Waals surface area contributed by atoms with E-state index in [1.807, 2.05) is 0 Å². The second kappa shape index (κ2) is 5.35. The Bertz CT molecular complexity index is 174. The fourth-order valence-corrected chi connectivity index (χ4v) is 3.45. The van der Waals surface area contributed by atoms with Crippen molar-refractivity contribution in [1.82, 2.24) is 4.90 Å². The smallest absolute Gasteiger partial charge is 0.0824 e. The van der Waals surface area contributed by atoms with Crippen LogP contribution in [0.5, 0.6) is 0 Å². The highest BCUT2D eigenvalue weighted by Gasteiger charge is 2.23. The monoisotopic (exact) mass is 216 g/mol. The van der Waals surface area contributed by atoms with Crippen molar-refractivity contribution < 1.29 is 4.74 Å². The van der Waals surface area contributed by atoms with Crippen LogP contribution in [0.4, 0.5) is 0 Å². The van der Waals surface area contributed by atoms with Crippen LogP contribution in [0, 0.1) is 5.92 Å². The summed E-state index contributed by atoms with van der Waals surface area (Å²) in [5.41, 5.74) is 5.62. The predicted molar refractivity (Wildman–Crippen MR) is 60.7 cm³/mol. The molecule has 0 spiro atoms. The van der Waals surface area contributed by atoms with Crippen LogP contribution in [0.3, 0.4) is 0 Å². The molecule has 0 aromatic rings. The van der Waals surface area contributed by atoms with Crippen LogP contribution < -0.4 is 5.73 Å². The molecule has 82 valence electrons. The molecule has 0 aromatic carbocycles. The van der Waals surface area contributed by atoms with Crippen molar-refractivity contribution in [2.45, 2.75) is 12.5 Å². The maximum Gasteiger partial charge on any atom is 0.0824 e. The minimum Gasteiger partial charge on any atom is -0.374 e. The lowest BCUT2D eigenvalue weighted by atomic mass is 10.1. The first-order chi connectivity index (χ1) is 6.88. The van der Waals surface area contributed by atoms with E-state index in [2.05, 4.69) is 16.7 Å². The van der Waals surface area contributed by atoms with E-state index in [4.69, 9.17) is 10.5 Å². The molecule has 3 nitrogen and oxygen atoms in total. The normalized spacial score (nSPS) is 34.9. The summed E-state index contributed by atoms with van der Waals surface area (Å²) in [7, 11) is 0. The van der Waals surface area contributed by atoms with Crippen LogP contribution >= 0.6 is 11.8 Å². The lowest BCUT2D eigenvalue weighted by molar-refractivity contribution is -0.0267. The Morgan fingerprint density at radius 3 is 3.14 bits per heavy atom. The summed E-state index contributed by atoms with van der Waals surface area (Å²) in [4.78, 5) is 2.53. The maximum atomic E-state index is 5.62. The van der Waals surface area contributed by atoms with E-state index in [1.54, 1.807) is 0 Å². The molecular weight excluding hydrogens is 196 g/mol. The van der Waals surface area contributed by atoms with Gasteiger partial charge in [-0.05, 0) is 23.8 Å². The van der Waals surface area contributed by atoms with Gasteiger partial charge in [0.25, 0.3) is 0 Å². The molecule has 2 fully saturated rings. The van der Waals surface area contributed by atoms with Crippen molar-refractivity contribution in [3.05, 3.63) is 0 Å². The third kappa shape index (κ3) is 2.86. The molecule has 2 atom stereocenters. The van der Waals surface area contributed by atoms with Gasteiger partial charge in [0.1, 0.15) is 0 Å². The molecule has 2 saturated heterocycles. The van der Waals surface area contributed by atoms with Crippen molar-refractivity contribution in [2.24, 2.45) is 11.7 Å². The molecular formula is C10H20N2OS. The number of hydrogen-bond donors (Lipinski definition) is 1. The molecule has 2 N–H and O–H groups in total. The van der Waals surface area contributed by atoms with Crippen molar-refractivity contribution in [3.63, 3.8) is 0 Å². The van der Waals surface area contributed by atoms with E-state index in [0.29, 0.717) is 6.54 Å². The first-order valence-electron chi connectivity index (χ1n) is 5.50. The van der Waals surface area contributed by atoms with Crippen LogP contribution in [0.15, 0.2) is 0 Å². The van der Waals surface area contributed by atoms with E-state index >= 15 is 0 Å². The molecule has 2 heterocycles. The van der Waals surface area contributed by atoms with Crippen LogP contribution in [-0.4, -0.2) is 55.3 Å². The Morgan fingerprint density at radius 1 is 1.50 bits per heavy atom. The molecule has 0 bridgehead atoms. The quantitative estimate of drug-likeness (QED) is 0.741. The van der Waals surface area contributed by atoms with Crippen molar-refractivity contribution in [1.29, 1.82) is 0 Å². The standard InChI is InChI=1S/C10H20N2OS/c11-5-10-7-12(2-3-13-10)6-9-1-4-14-8-9/h9-10H,1-8,11H2. The third-order valence-corrected chi connectivity index (χ3v) is 4.26. The molecule has 0 radical (unpaired) electrons. The van der Waals surface area contributed by atoms with Crippen molar-refractivity contribution in [2.75, 3.05) is 44.3 Å². The van der Waals surface area contributed by atoms with Gasteiger partial charge in [-0.3, -0.25) is 4.90 Å². The molecule has 2 rings (SSSR count). The Labute approximate surface area is 90.3 Å². The van der Waals surface area contributed by atoms with Crippen LogP contribution in [0.1, 0.15) is 6.42 Å².